The van der Waals surface area contributed by atoms with Crippen LogP contribution < -0.4 is 5.32 Å². The quantitative estimate of drug-likeness (QED) is 0.705. The summed E-state index contributed by atoms with van der Waals surface area (Å²) in [4.78, 5) is 24.4. The maximum Gasteiger partial charge on any atom is 0.323 e. The van der Waals surface area contributed by atoms with Gasteiger partial charge in [0.15, 0.2) is 0 Å². The smallest absolute Gasteiger partial charge is 0.323 e. The fourth-order valence-electron chi connectivity index (χ4n) is 2.09. The largest absolute Gasteiger partial charge is 0.480 e. The second kappa shape index (κ2) is 8.05. The number of ether oxygens (including phenoxy) is 1. The summed E-state index contributed by atoms with van der Waals surface area (Å²) in [7, 11) is 1.54. The van der Waals surface area contributed by atoms with Gasteiger partial charge in [0, 0.05) is 13.7 Å². The number of hydrogen-bond donors (Lipinski definition) is 2. The molecule has 0 aromatic heterocycles. The highest BCUT2D eigenvalue weighted by molar-refractivity contribution is 5.85. The van der Waals surface area contributed by atoms with Crippen LogP contribution in [-0.4, -0.2) is 61.3 Å². The number of rotatable bonds is 6. The Morgan fingerprint density at radius 1 is 1.39 bits per heavy atom. The Morgan fingerprint density at radius 3 is 2.83 bits per heavy atom. The molecule has 0 aliphatic carbocycles. The van der Waals surface area contributed by atoms with Gasteiger partial charge in [0.25, 0.3) is 0 Å². The average Bonchev–Trinajstić information content (AvgIpc) is 2.61. The molecule has 1 aliphatic rings. The zero-order chi connectivity index (χ0) is 13.4. The van der Waals surface area contributed by atoms with Gasteiger partial charge in [-0.15, -0.1) is 0 Å². The Kier molecular flexibility index (Phi) is 6.67. The van der Waals surface area contributed by atoms with Crippen LogP contribution in [0.4, 0.5) is 0 Å². The van der Waals surface area contributed by atoms with Gasteiger partial charge in [-0.2, -0.15) is 0 Å². The van der Waals surface area contributed by atoms with E-state index in [1.54, 1.807) is 0 Å². The van der Waals surface area contributed by atoms with E-state index in [4.69, 9.17) is 9.84 Å². The number of carbonyl (C=O) groups is 2. The Hall–Kier alpha value is -1.14. The minimum Gasteiger partial charge on any atom is -0.480 e. The monoisotopic (exact) mass is 258 g/mol. The second-order valence-corrected chi connectivity index (χ2v) is 4.50. The summed E-state index contributed by atoms with van der Waals surface area (Å²) < 4.78 is 4.91. The van der Waals surface area contributed by atoms with Crippen LogP contribution in [0.25, 0.3) is 0 Å². The van der Waals surface area contributed by atoms with Gasteiger partial charge in [-0.05, 0) is 19.4 Å². The first-order valence-corrected chi connectivity index (χ1v) is 6.38. The highest BCUT2D eigenvalue weighted by atomic mass is 16.5. The van der Waals surface area contributed by atoms with E-state index < -0.39 is 5.97 Å². The average molecular weight is 258 g/mol. The SMILES string of the molecule is COCCN(CC(=O)O)C(=O)C1CCCCCN1. The lowest BCUT2D eigenvalue weighted by Gasteiger charge is -2.25. The van der Waals surface area contributed by atoms with E-state index in [0.29, 0.717) is 13.2 Å². The molecule has 2 N–H and O–H groups in total. The number of carbonyl (C=O) groups excluding carboxylic acids is 1. The van der Waals surface area contributed by atoms with Crippen molar-refractivity contribution in [2.24, 2.45) is 0 Å². The highest BCUT2D eigenvalue weighted by Crippen LogP contribution is 2.10. The zero-order valence-electron chi connectivity index (χ0n) is 10.9. The molecule has 1 fully saturated rings. The van der Waals surface area contributed by atoms with Crippen LogP contribution in [0.2, 0.25) is 0 Å². The van der Waals surface area contributed by atoms with Crippen molar-refractivity contribution in [3.8, 4) is 0 Å². The van der Waals surface area contributed by atoms with Crippen LogP contribution in [0.1, 0.15) is 25.7 Å². The summed E-state index contributed by atoms with van der Waals surface area (Å²) >= 11 is 0. The van der Waals surface area contributed by atoms with Crippen molar-refractivity contribution in [3.63, 3.8) is 0 Å². The van der Waals surface area contributed by atoms with Crippen LogP contribution in [-0.2, 0) is 14.3 Å². The van der Waals surface area contributed by atoms with Crippen molar-refractivity contribution in [1.82, 2.24) is 10.2 Å². The van der Waals surface area contributed by atoms with E-state index in [1.165, 1.54) is 12.0 Å². The molecule has 6 heteroatoms. The maximum absolute atomic E-state index is 12.2. The third-order valence-electron chi connectivity index (χ3n) is 3.06. The number of aliphatic carboxylic acids is 1. The van der Waals surface area contributed by atoms with Crippen LogP contribution in [0, 0.1) is 0 Å². The van der Waals surface area contributed by atoms with E-state index in [-0.39, 0.29) is 18.5 Å². The van der Waals surface area contributed by atoms with Gasteiger partial charge in [0.1, 0.15) is 6.54 Å². The molecule has 0 saturated carbocycles. The highest BCUT2D eigenvalue weighted by Gasteiger charge is 2.25. The molecule has 0 aromatic rings. The molecule has 0 bridgehead atoms. The Bertz CT molecular complexity index is 275. The molecule has 1 saturated heterocycles. The van der Waals surface area contributed by atoms with E-state index in [9.17, 15) is 9.59 Å². The molecule has 0 spiro atoms. The molecule has 1 rings (SSSR count). The van der Waals surface area contributed by atoms with Crippen LogP contribution in [0.3, 0.4) is 0 Å². The number of hydrogen-bond acceptors (Lipinski definition) is 4. The number of nitrogens with zero attached hydrogens (tertiary/aromatic N) is 1. The van der Waals surface area contributed by atoms with Crippen molar-refractivity contribution >= 4 is 11.9 Å². The molecular formula is C12H22N2O4. The molecule has 1 amide bonds. The molecule has 1 unspecified atom stereocenters. The fourth-order valence-corrected chi connectivity index (χ4v) is 2.09. The summed E-state index contributed by atoms with van der Waals surface area (Å²) in [5, 5.41) is 12.0. The standard InChI is InChI=1S/C12H22N2O4/c1-18-8-7-14(9-11(15)16)12(17)10-5-3-2-4-6-13-10/h10,13H,2-9H2,1H3,(H,15,16). The lowest BCUT2D eigenvalue weighted by molar-refractivity contribution is -0.145. The zero-order valence-corrected chi connectivity index (χ0v) is 10.9. The normalized spacial score (nSPS) is 20.2. The maximum atomic E-state index is 12.2. The third kappa shape index (κ3) is 5.01. The lowest BCUT2D eigenvalue weighted by Crippen LogP contribution is -2.48. The summed E-state index contributed by atoms with van der Waals surface area (Å²) in [5.41, 5.74) is 0. The Balaban J connectivity index is 2.57. The van der Waals surface area contributed by atoms with E-state index in [1.807, 2.05) is 0 Å². The first-order valence-electron chi connectivity index (χ1n) is 6.38. The minimum absolute atomic E-state index is 0.128. The van der Waals surface area contributed by atoms with Crippen LogP contribution in [0.5, 0.6) is 0 Å². The molecule has 1 aliphatic heterocycles. The summed E-state index contributed by atoms with van der Waals surface area (Å²) in [6.45, 7) is 1.23. The number of carboxylic acids is 1. The molecule has 6 nitrogen and oxygen atoms in total. The number of carboxylic acid groups (broad SMARTS) is 1. The lowest BCUT2D eigenvalue weighted by atomic mass is 10.1. The van der Waals surface area contributed by atoms with E-state index in [0.717, 1.165) is 32.2 Å². The Morgan fingerprint density at radius 2 is 2.17 bits per heavy atom. The molecule has 18 heavy (non-hydrogen) atoms. The van der Waals surface area contributed by atoms with Gasteiger partial charge in [-0.3, -0.25) is 9.59 Å². The van der Waals surface area contributed by atoms with Gasteiger partial charge < -0.3 is 20.1 Å². The number of nitrogens with one attached hydrogen (secondary N) is 1. The number of amides is 1. The molecule has 1 atom stereocenters. The topological polar surface area (TPSA) is 78.9 Å². The summed E-state index contributed by atoms with van der Waals surface area (Å²) in [5.74, 6) is -1.12. The van der Waals surface area contributed by atoms with Gasteiger partial charge in [0.2, 0.25) is 5.91 Å². The molecule has 104 valence electrons. The van der Waals surface area contributed by atoms with Crippen molar-refractivity contribution in [2.45, 2.75) is 31.7 Å². The van der Waals surface area contributed by atoms with Gasteiger partial charge in [-0.1, -0.05) is 12.8 Å². The third-order valence-corrected chi connectivity index (χ3v) is 3.06. The minimum atomic E-state index is -0.993. The molecule has 0 radical (unpaired) electrons. The van der Waals surface area contributed by atoms with Crippen molar-refractivity contribution in [2.75, 3.05) is 33.4 Å². The van der Waals surface area contributed by atoms with Gasteiger partial charge in [0.05, 0.1) is 12.6 Å². The molecule has 1 heterocycles. The first kappa shape index (κ1) is 14.9. The first-order chi connectivity index (χ1) is 8.65. The summed E-state index contributed by atoms with van der Waals surface area (Å²) in [6, 6.07) is -0.247. The molecular weight excluding hydrogens is 236 g/mol. The van der Waals surface area contributed by atoms with Crippen LogP contribution in [0.15, 0.2) is 0 Å². The summed E-state index contributed by atoms with van der Waals surface area (Å²) in [6.07, 6.45) is 3.98. The predicted octanol–water partition coefficient (Wildman–Crippen LogP) is 0.0782. The number of methoxy groups -OCH3 is 1. The predicted molar refractivity (Wildman–Crippen MR) is 66.4 cm³/mol. The van der Waals surface area contributed by atoms with Crippen molar-refractivity contribution in [3.05, 3.63) is 0 Å². The van der Waals surface area contributed by atoms with Crippen molar-refractivity contribution < 1.29 is 19.4 Å². The van der Waals surface area contributed by atoms with Gasteiger partial charge in [-0.25, -0.2) is 0 Å². The second-order valence-electron chi connectivity index (χ2n) is 4.50. The van der Waals surface area contributed by atoms with E-state index in [2.05, 4.69) is 5.32 Å². The van der Waals surface area contributed by atoms with Crippen LogP contribution >= 0.6 is 0 Å². The fraction of sp³-hybridized carbons (Fsp3) is 0.833. The van der Waals surface area contributed by atoms with E-state index >= 15 is 0 Å². The van der Waals surface area contributed by atoms with Crippen molar-refractivity contribution in [1.29, 1.82) is 0 Å². The molecule has 0 aromatic carbocycles. The van der Waals surface area contributed by atoms with Gasteiger partial charge >= 0.3 is 5.97 Å². The Labute approximate surface area is 107 Å².